The van der Waals surface area contributed by atoms with Gasteiger partial charge in [0.05, 0.1) is 6.61 Å². The number of hydrogen-bond donors (Lipinski definition) is 6. The maximum Gasteiger partial charge on any atom is 0.344 e. The van der Waals surface area contributed by atoms with E-state index in [9.17, 15) is 13.9 Å². The largest absolute Gasteiger partial charge is 0.354 e. The number of carbonyl (C=O) groups is 1. The zero-order valence-electron chi connectivity index (χ0n) is 10.5. The molecule has 0 aliphatic rings. The Bertz CT molecular complexity index is 383. The average Bonchev–Trinajstić information content (AvgIpc) is 2.23. The minimum absolute atomic E-state index is 0.0308. The Morgan fingerprint density at radius 2 is 1.60 bits per heavy atom. The van der Waals surface area contributed by atoms with Crippen LogP contribution in [0.15, 0.2) is 0 Å². The van der Waals surface area contributed by atoms with Gasteiger partial charge in [0.25, 0.3) is 5.91 Å². The van der Waals surface area contributed by atoms with E-state index in [-0.39, 0.29) is 18.1 Å². The molecule has 0 heterocycles. The van der Waals surface area contributed by atoms with Crippen LogP contribution in [0.25, 0.3) is 0 Å². The van der Waals surface area contributed by atoms with Gasteiger partial charge in [0.1, 0.15) is 12.6 Å². The third-order valence-electron chi connectivity index (χ3n) is 1.91. The summed E-state index contributed by atoms with van der Waals surface area (Å²) in [5.74, 6) is -1.13. The van der Waals surface area contributed by atoms with Crippen molar-refractivity contribution in [2.24, 2.45) is 11.5 Å². The van der Waals surface area contributed by atoms with E-state index in [2.05, 4.69) is 0 Å². The molecule has 0 fully saturated rings. The zero-order valence-corrected chi connectivity index (χ0v) is 12.3. The van der Waals surface area contributed by atoms with Crippen LogP contribution < -0.4 is 11.5 Å². The van der Waals surface area contributed by atoms with Crippen LogP contribution in [0.4, 0.5) is 0 Å². The maximum atomic E-state index is 11.8. The van der Waals surface area contributed by atoms with Crippen LogP contribution in [0.1, 0.15) is 6.42 Å². The molecule has 13 heteroatoms. The molecule has 0 saturated heterocycles. The van der Waals surface area contributed by atoms with Crippen molar-refractivity contribution in [2.45, 2.75) is 12.6 Å². The number of rotatable bonds is 9. The monoisotopic (exact) mass is 335 g/mol. The molecule has 1 amide bonds. The molecule has 0 aliphatic heterocycles. The number of hydrogen-bond acceptors (Lipinski definition) is 6. The summed E-state index contributed by atoms with van der Waals surface area (Å²) in [5.41, 5.74) is 10.5. The van der Waals surface area contributed by atoms with E-state index in [0.29, 0.717) is 6.42 Å². The molecule has 0 aromatic rings. The predicted octanol–water partition coefficient (Wildman–Crippen LogP) is -2.26. The number of carbonyl (C=O) groups excluding carboxylic acids is 1. The van der Waals surface area contributed by atoms with Crippen LogP contribution in [0.5, 0.6) is 0 Å². The lowest BCUT2D eigenvalue weighted by Crippen LogP contribution is -2.46. The average molecular weight is 335 g/mol. The van der Waals surface area contributed by atoms with Crippen molar-refractivity contribution in [3.05, 3.63) is 0 Å². The number of amides is 1. The van der Waals surface area contributed by atoms with Crippen molar-refractivity contribution in [1.29, 1.82) is 0 Å². The summed E-state index contributed by atoms with van der Waals surface area (Å²) >= 11 is 0. The summed E-state index contributed by atoms with van der Waals surface area (Å²) in [6.07, 6.45) is -3.51. The fraction of sp³-hybridized carbons (Fsp3) is 0.857. The molecule has 0 unspecified atom stereocenters. The van der Waals surface area contributed by atoms with Gasteiger partial charge in [0, 0.05) is 0 Å². The second-order valence-corrected chi connectivity index (χ2v) is 7.15. The Morgan fingerprint density at radius 3 is 1.95 bits per heavy atom. The Labute approximate surface area is 115 Å². The van der Waals surface area contributed by atoms with Crippen molar-refractivity contribution in [1.82, 2.24) is 4.90 Å². The summed E-state index contributed by atoms with van der Waals surface area (Å²) in [4.78, 5) is 47.2. The lowest BCUT2D eigenvalue weighted by Gasteiger charge is -2.25. The molecule has 1 atom stereocenters. The van der Waals surface area contributed by atoms with Crippen LogP contribution in [-0.4, -0.2) is 62.3 Å². The molecule has 0 radical (unpaired) electrons. The third kappa shape index (κ3) is 9.54. The molecule has 0 aliphatic carbocycles. The van der Waals surface area contributed by atoms with Crippen molar-refractivity contribution >= 4 is 21.1 Å². The second-order valence-electron chi connectivity index (χ2n) is 3.92. The molecule has 120 valence electrons. The minimum Gasteiger partial charge on any atom is -0.354 e. The van der Waals surface area contributed by atoms with Gasteiger partial charge in [-0.05, 0) is 13.0 Å². The summed E-state index contributed by atoms with van der Waals surface area (Å²) in [6.45, 7) is 0.318. The number of nitrogens with two attached hydrogens (primary N) is 2. The van der Waals surface area contributed by atoms with Crippen molar-refractivity contribution in [3.63, 3.8) is 0 Å². The van der Waals surface area contributed by atoms with Crippen LogP contribution in [0, 0.1) is 0 Å². The first kappa shape index (κ1) is 19.7. The standard InChI is InChI=1S/C7H19N3O8P2/c8-2-1-3-18-6(9)7(11)10(4-19(12,13)14)5-20(15,16)17/h6H,1-5,8-9H2,(H2,12,13,14)(H2,15,16,17)/t6-/m0/s1. The third-order valence-corrected chi connectivity index (χ3v) is 3.33. The topological polar surface area (TPSA) is 197 Å². The van der Waals surface area contributed by atoms with Gasteiger partial charge in [-0.25, -0.2) is 0 Å². The summed E-state index contributed by atoms with van der Waals surface area (Å²) in [6, 6.07) is 0. The lowest BCUT2D eigenvalue weighted by molar-refractivity contribution is -0.142. The van der Waals surface area contributed by atoms with Crippen LogP contribution in [-0.2, 0) is 18.7 Å². The smallest absolute Gasteiger partial charge is 0.344 e. The molecule has 20 heavy (non-hydrogen) atoms. The van der Waals surface area contributed by atoms with E-state index >= 15 is 0 Å². The van der Waals surface area contributed by atoms with Gasteiger partial charge >= 0.3 is 15.2 Å². The van der Waals surface area contributed by atoms with Gasteiger partial charge in [-0.15, -0.1) is 0 Å². The highest BCUT2D eigenvalue weighted by Gasteiger charge is 2.32. The molecule has 0 bridgehead atoms. The molecule has 11 nitrogen and oxygen atoms in total. The molecule has 0 aromatic carbocycles. The SMILES string of the molecule is NCCCO[C@H](N)C(=O)N(CP(=O)(O)O)CP(=O)(O)O. The van der Waals surface area contributed by atoms with Gasteiger partial charge in [-0.2, -0.15) is 0 Å². The van der Waals surface area contributed by atoms with Crippen LogP contribution >= 0.6 is 15.2 Å². The highest BCUT2D eigenvalue weighted by Crippen LogP contribution is 2.40. The Balaban J connectivity index is 4.79. The minimum atomic E-state index is -4.70. The molecule has 0 rings (SSSR count). The van der Waals surface area contributed by atoms with Gasteiger partial charge in [0.2, 0.25) is 0 Å². The predicted molar refractivity (Wildman–Crippen MR) is 68.3 cm³/mol. The first-order valence-corrected chi connectivity index (χ1v) is 9.01. The Hall–Kier alpha value is -0.350. The fourth-order valence-corrected chi connectivity index (χ4v) is 2.70. The first-order valence-electron chi connectivity index (χ1n) is 5.41. The van der Waals surface area contributed by atoms with E-state index in [1.807, 2.05) is 0 Å². The molecular weight excluding hydrogens is 316 g/mol. The molecular formula is C7H19N3O8P2. The highest BCUT2D eigenvalue weighted by atomic mass is 31.2. The normalized spacial score (nSPS) is 14.1. The van der Waals surface area contributed by atoms with E-state index in [1.54, 1.807) is 0 Å². The summed E-state index contributed by atoms with van der Waals surface area (Å²) < 4.78 is 26.6. The van der Waals surface area contributed by atoms with Gasteiger partial charge in [-0.1, -0.05) is 0 Å². The number of nitrogens with zero attached hydrogens (tertiary/aromatic N) is 1. The van der Waals surface area contributed by atoms with E-state index in [1.165, 1.54) is 0 Å². The molecule has 8 N–H and O–H groups in total. The maximum absolute atomic E-state index is 11.8. The first-order chi connectivity index (χ1) is 8.96. The fourth-order valence-electron chi connectivity index (χ4n) is 1.17. The van der Waals surface area contributed by atoms with Gasteiger partial charge < -0.3 is 34.9 Å². The zero-order chi connectivity index (χ0) is 16.0. The van der Waals surface area contributed by atoms with Crippen molar-refractivity contribution in [3.8, 4) is 0 Å². The van der Waals surface area contributed by atoms with Gasteiger partial charge in [-0.3, -0.25) is 19.7 Å². The molecule has 0 aromatic heterocycles. The molecule has 0 spiro atoms. The highest BCUT2D eigenvalue weighted by molar-refractivity contribution is 7.52. The van der Waals surface area contributed by atoms with Crippen LogP contribution in [0.2, 0.25) is 0 Å². The Morgan fingerprint density at radius 1 is 1.15 bits per heavy atom. The summed E-state index contributed by atoms with van der Waals surface area (Å²) in [7, 11) is -9.40. The van der Waals surface area contributed by atoms with E-state index < -0.39 is 39.9 Å². The van der Waals surface area contributed by atoms with Crippen LogP contribution in [0.3, 0.4) is 0 Å². The quantitative estimate of drug-likeness (QED) is 0.152. The Kier molecular flexibility index (Phi) is 8.04. The summed E-state index contributed by atoms with van der Waals surface area (Å²) in [5, 5.41) is 0. The second kappa shape index (κ2) is 8.18. The van der Waals surface area contributed by atoms with E-state index in [4.69, 9.17) is 35.8 Å². The van der Waals surface area contributed by atoms with Gasteiger partial charge in [0.15, 0.2) is 6.23 Å². The lowest BCUT2D eigenvalue weighted by atomic mass is 10.4. The van der Waals surface area contributed by atoms with Crippen molar-refractivity contribution in [2.75, 3.05) is 25.7 Å². The van der Waals surface area contributed by atoms with E-state index in [0.717, 1.165) is 0 Å². The number of ether oxygens (including phenoxy) is 1. The molecule has 0 saturated carbocycles. The van der Waals surface area contributed by atoms with Crippen molar-refractivity contribution < 1.29 is 38.2 Å².